The second-order valence-corrected chi connectivity index (χ2v) is 5.77. The zero-order valence-electron chi connectivity index (χ0n) is 11.5. The lowest BCUT2D eigenvalue weighted by atomic mass is 10.1. The van der Waals surface area contributed by atoms with Gasteiger partial charge in [-0.15, -0.1) is 0 Å². The van der Waals surface area contributed by atoms with Crippen LogP contribution in [-0.2, 0) is 6.61 Å². The number of nitrogens with two attached hydrogens (primary N) is 1. The van der Waals surface area contributed by atoms with Crippen LogP contribution >= 0.6 is 15.9 Å². The third-order valence-corrected chi connectivity index (χ3v) is 3.54. The van der Waals surface area contributed by atoms with Gasteiger partial charge in [-0.3, -0.25) is 0 Å². The summed E-state index contributed by atoms with van der Waals surface area (Å²) in [5, 5.41) is 0. The molecular formula is C16H17BrFNO. The SMILES string of the molecule is Cc1ccc(OCc2cc(Br)ccc2F)c(C(C)N)c1. The first kappa shape index (κ1) is 15.0. The highest BCUT2D eigenvalue weighted by Gasteiger charge is 2.10. The molecule has 0 saturated carbocycles. The van der Waals surface area contributed by atoms with E-state index in [0.29, 0.717) is 11.3 Å². The molecule has 0 bridgehead atoms. The van der Waals surface area contributed by atoms with Crippen molar-refractivity contribution in [2.45, 2.75) is 26.5 Å². The zero-order valence-corrected chi connectivity index (χ0v) is 13.1. The molecule has 0 aliphatic rings. The summed E-state index contributed by atoms with van der Waals surface area (Å²) in [7, 11) is 0. The Bertz CT molecular complexity index is 613. The second-order valence-electron chi connectivity index (χ2n) is 4.85. The van der Waals surface area contributed by atoms with Crippen molar-refractivity contribution in [3.8, 4) is 5.75 Å². The van der Waals surface area contributed by atoms with Gasteiger partial charge in [0.1, 0.15) is 18.2 Å². The number of aryl methyl sites for hydroxylation is 1. The van der Waals surface area contributed by atoms with Gasteiger partial charge in [0, 0.05) is 21.6 Å². The highest BCUT2D eigenvalue weighted by molar-refractivity contribution is 9.10. The van der Waals surface area contributed by atoms with Crippen molar-refractivity contribution in [3.05, 3.63) is 63.4 Å². The second kappa shape index (κ2) is 6.37. The molecule has 2 rings (SSSR count). The summed E-state index contributed by atoms with van der Waals surface area (Å²) >= 11 is 3.33. The first-order valence-corrected chi connectivity index (χ1v) is 7.19. The van der Waals surface area contributed by atoms with E-state index in [4.69, 9.17) is 10.5 Å². The first-order valence-electron chi connectivity index (χ1n) is 6.40. The zero-order chi connectivity index (χ0) is 14.7. The molecule has 1 unspecified atom stereocenters. The van der Waals surface area contributed by atoms with Crippen LogP contribution in [0, 0.1) is 12.7 Å². The van der Waals surface area contributed by atoms with E-state index in [9.17, 15) is 4.39 Å². The van der Waals surface area contributed by atoms with E-state index in [0.717, 1.165) is 15.6 Å². The largest absolute Gasteiger partial charge is 0.488 e. The maximum absolute atomic E-state index is 13.7. The van der Waals surface area contributed by atoms with Crippen LogP contribution in [-0.4, -0.2) is 0 Å². The summed E-state index contributed by atoms with van der Waals surface area (Å²) < 4.78 is 20.2. The molecule has 0 amide bonds. The molecule has 0 aliphatic carbocycles. The maximum Gasteiger partial charge on any atom is 0.129 e. The van der Waals surface area contributed by atoms with Crippen LogP contribution in [0.4, 0.5) is 4.39 Å². The van der Waals surface area contributed by atoms with Crippen molar-refractivity contribution < 1.29 is 9.13 Å². The fourth-order valence-electron chi connectivity index (χ4n) is 1.96. The highest BCUT2D eigenvalue weighted by atomic mass is 79.9. The van der Waals surface area contributed by atoms with Crippen LogP contribution < -0.4 is 10.5 Å². The lowest BCUT2D eigenvalue weighted by Gasteiger charge is -2.15. The predicted molar refractivity (Wildman–Crippen MR) is 82.2 cm³/mol. The Morgan fingerprint density at radius 3 is 2.70 bits per heavy atom. The summed E-state index contributed by atoms with van der Waals surface area (Å²) in [6, 6.07) is 10.5. The Kier molecular flexibility index (Phi) is 4.78. The van der Waals surface area contributed by atoms with Crippen molar-refractivity contribution in [3.63, 3.8) is 0 Å². The maximum atomic E-state index is 13.7. The minimum absolute atomic E-state index is 0.128. The molecule has 2 nitrogen and oxygen atoms in total. The van der Waals surface area contributed by atoms with E-state index < -0.39 is 0 Å². The van der Waals surface area contributed by atoms with Gasteiger partial charge >= 0.3 is 0 Å². The van der Waals surface area contributed by atoms with Crippen molar-refractivity contribution >= 4 is 15.9 Å². The summed E-state index contributed by atoms with van der Waals surface area (Å²) in [6.45, 7) is 4.08. The Balaban J connectivity index is 2.20. The Hall–Kier alpha value is -1.39. The van der Waals surface area contributed by atoms with Gasteiger partial charge in [0.15, 0.2) is 0 Å². The van der Waals surface area contributed by atoms with Crippen molar-refractivity contribution in [2.75, 3.05) is 0 Å². The summed E-state index contributed by atoms with van der Waals surface area (Å²) in [5.41, 5.74) is 8.51. The summed E-state index contributed by atoms with van der Waals surface area (Å²) in [4.78, 5) is 0. The van der Waals surface area contributed by atoms with Gasteiger partial charge in [-0.1, -0.05) is 33.6 Å². The molecule has 1 atom stereocenters. The van der Waals surface area contributed by atoms with Crippen LogP contribution in [0.5, 0.6) is 5.75 Å². The molecule has 0 radical (unpaired) electrons. The van der Waals surface area contributed by atoms with Crippen molar-refractivity contribution in [2.24, 2.45) is 5.73 Å². The standard InChI is InChI=1S/C16H17BrFNO/c1-10-3-6-16(14(7-10)11(2)19)20-9-12-8-13(17)4-5-15(12)18/h3-8,11H,9,19H2,1-2H3. The van der Waals surface area contributed by atoms with Crippen molar-refractivity contribution in [1.29, 1.82) is 0 Å². The molecule has 106 valence electrons. The van der Waals surface area contributed by atoms with Gasteiger partial charge in [-0.25, -0.2) is 4.39 Å². The monoisotopic (exact) mass is 337 g/mol. The molecule has 2 aromatic rings. The van der Waals surface area contributed by atoms with Gasteiger partial charge in [0.05, 0.1) is 0 Å². The molecule has 0 spiro atoms. The average Bonchev–Trinajstić information content (AvgIpc) is 2.40. The van der Waals surface area contributed by atoms with E-state index in [2.05, 4.69) is 15.9 Å². The van der Waals surface area contributed by atoms with E-state index in [-0.39, 0.29) is 18.5 Å². The third-order valence-electron chi connectivity index (χ3n) is 3.05. The topological polar surface area (TPSA) is 35.2 Å². The molecule has 0 aliphatic heterocycles. The Morgan fingerprint density at radius 2 is 2.00 bits per heavy atom. The van der Waals surface area contributed by atoms with Crippen molar-refractivity contribution in [1.82, 2.24) is 0 Å². The summed E-state index contributed by atoms with van der Waals surface area (Å²) in [5.74, 6) is 0.424. The molecule has 2 N–H and O–H groups in total. The third kappa shape index (κ3) is 3.58. The number of rotatable bonds is 4. The number of halogens is 2. The fourth-order valence-corrected chi connectivity index (χ4v) is 2.37. The van der Waals surface area contributed by atoms with E-state index in [1.807, 2.05) is 32.0 Å². The van der Waals surface area contributed by atoms with Crippen LogP contribution in [0.3, 0.4) is 0 Å². The van der Waals surface area contributed by atoms with Crippen LogP contribution in [0.1, 0.15) is 29.7 Å². The number of benzene rings is 2. The number of ether oxygens (including phenoxy) is 1. The van der Waals surface area contributed by atoms with E-state index in [1.165, 1.54) is 6.07 Å². The molecule has 0 saturated heterocycles. The molecule has 0 fully saturated rings. The fraction of sp³-hybridized carbons (Fsp3) is 0.250. The average molecular weight is 338 g/mol. The number of hydrogen-bond acceptors (Lipinski definition) is 2. The van der Waals surface area contributed by atoms with Crippen LogP contribution in [0.15, 0.2) is 40.9 Å². The molecule has 0 heterocycles. The van der Waals surface area contributed by atoms with Crippen LogP contribution in [0.2, 0.25) is 0 Å². The van der Waals surface area contributed by atoms with Gasteiger partial charge in [-0.2, -0.15) is 0 Å². The minimum Gasteiger partial charge on any atom is -0.488 e. The minimum atomic E-state index is -0.275. The Morgan fingerprint density at radius 1 is 1.25 bits per heavy atom. The predicted octanol–water partition coefficient (Wildman–Crippen LogP) is 4.50. The van der Waals surface area contributed by atoms with Crippen LogP contribution in [0.25, 0.3) is 0 Å². The van der Waals surface area contributed by atoms with Gasteiger partial charge in [-0.05, 0) is 38.1 Å². The Labute approximate surface area is 126 Å². The lowest BCUT2D eigenvalue weighted by Crippen LogP contribution is -2.09. The van der Waals surface area contributed by atoms with E-state index in [1.54, 1.807) is 12.1 Å². The smallest absolute Gasteiger partial charge is 0.129 e. The summed E-state index contributed by atoms with van der Waals surface area (Å²) in [6.07, 6.45) is 0. The highest BCUT2D eigenvalue weighted by Crippen LogP contribution is 2.26. The van der Waals surface area contributed by atoms with Gasteiger partial charge in [0.25, 0.3) is 0 Å². The normalized spacial score (nSPS) is 12.2. The first-order chi connectivity index (χ1) is 9.47. The quantitative estimate of drug-likeness (QED) is 0.891. The molecule has 0 aromatic heterocycles. The lowest BCUT2D eigenvalue weighted by molar-refractivity contribution is 0.295. The molecule has 4 heteroatoms. The molecule has 20 heavy (non-hydrogen) atoms. The van der Waals surface area contributed by atoms with E-state index >= 15 is 0 Å². The van der Waals surface area contributed by atoms with Gasteiger partial charge in [0.2, 0.25) is 0 Å². The van der Waals surface area contributed by atoms with Gasteiger partial charge < -0.3 is 10.5 Å². The molecular weight excluding hydrogens is 321 g/mol. The number of hydrogen-bond donors (Lipinski definition) is 1. The molecule has 2 aromatic carbocycles.